The van der Waals surface area contributed by atoms with Crippen LogP contribution in [0.4, 0.5) is 0 Å². The van der Waals surface area contributed by atoms with Crippen LogP contribution >= 0.6 is 159 Å². The molecule has 0 aliphatic rings. The minimum absolute atomic E-state index is 0.0463. The molecule has 1 heterocycles. The summed E-state index contributed by atoms with van der Waals surface area (Å²) in [5.74, 6) is 0.927. The van der Waals surface area contributed by atoms with Crippen molar-refractivity contribution in [3.8, 4) is 23.5 Å². The van der Waals surface area contributed by atoms with Crippen LogP contribution in [0, 0.1) is 0 Å². The van der Waals surface area contributed by atoms with Gasteiger partial charge in [-0.25, -0.2) is 0 Å². The Morgan fingerprint density at radius 1 is 0.433 bits per heavy atom. The molecular weight excluding hydrogens is 1050 g/mol. The SMILES string of the molecule is Brc1c(Br)c(Br)c(Oc2ncnc(Oc3c(Br)c(Br)c(Br)c(Br)c3Br)n2)c(Br)c1Br. The standard InChI is InChI=1S/C15HBr10N3O2/c16-2-4(18)8(22)12(9(23)5(2)19)29-14-26-1-27-15(28-14)30-13-10(24)6(20)3(17)7(21)11(13)25/h1H. The first-order valence-electron chi connectivity index (χ1n) is 7.12. The molecule has 0 N–H and O–H groups in total. The van der Waals surface area contributed by atoms with Crippen molar-refractivity contribution in [3.63, 3.8) is 0 Å². The van der Waals surface area contributed by atoms with Gasteiger partial charge < -0.3 is 9.47 Å². The summed E-state index contributed by atoms with van der Waals surface area (Å²) < 4.78 is 19.1. The molecule has 0 saturated heterocycles. The quantitative estimate of drug-likeness (QED) is 0.193. The predicted molar refractivity (Wildman–Crippen MR) is 150 cm³/mol. The summed E-state index contributed by atoms with van der Waals surface area (Å²) in [6.45, 7) is 0. The first kappa shape index (κ1) is 26.5. The van der Waals surface area contributed by atoms with Crippen LogP contribution in [0.1, 0.15) is 0 Å². The van der Waals surface area contributed by atoms with Crippen LogP contribution in [-0.2, 0) is 0 Å². The lowest BCUT2D eigenvalue weighted by Gasteiger charge is -2.15. The minimum Gasteiger partial charge on any atom is -0.422 e. The number of ether oxygens (including phenoxy) is 2. The van der Waals surface area contributed by atoms with Gasteiger partial charge in [0.25, 0.3) is 0 Å². The van der Waals surface area contributed by atoms with Crippen molar-refractivity contribution in [2.75, 3.05) is 0 Å². The second-order valence-electron chi connectivity index (χ2n) is 5.05. The number of hydrogen-bond acceptors (Lipinski definition) is 5. The summed E-state index contributed by atoms with van der Waals surface area (Å²) >= 11 is 35.0. The summed E-state index contributed by atoms with van der Waals surface area (Å²) in [4.78, 5) is 12.4. The molecule has 0 unspecified atom stereocenters. The number of nitrogens with zero attached hydrogens (tertiary/aromatic N) is 3. The van der Waals surface area contributed by atoms with E-state index < -0.39 is 0 Å². The molecule has 1 aromatic heterocycles. The van der Waals surface area contributed by atoms with E-state index in [-0.39, 0.29) is 12.0 Å². The molecule has 3 rings (SSSR count). The van der Waals surface area contributed by atoms with Gasteiger partial charge in [0, 0.05) is 8.95 Å². The normalized spacial score (nSPS) is 11.0. The molecule has 5 nitrogen and oxygen atoms in total. The average Bonchev–Trinajstić information content (AvgIpc) is 2.74. The predicted octanol–water partition coefficient (Wildman–Crippen LogP) is 11.1. The largest absolute Gasteiger partial charge is 0.422 e. The molecule has 0 saturated carbocycles. The zero-order valence-electron chi connectivity index (χ0n) is 13.5. The molecule has 158 valence electrons. The molecule has 3 aromatic rings. The fraction of sp³-hybridized carbons (Fsp3) is 0. The summed E-state index contributed by atoms with van der Waals surface area (Å²) in [7, 11) is 0. The Balaban J connectivity index is 1.99. The monoisotopic (exact) mass is 1040 g/mol. The Kier molecular flexibility index (Phi) is 9.75. The van der Waals surface area contributed by atoms with Crippen molar-refractivity contribution in [3.05, 3.63) is 51.1 Å². The second-order valence-corrected chi connectivity index (χ2v) is 13.0. The number of rotatable bonds is 4. The topological polar surface area (TPSA) is 57.1 Å². The molecule has 30 heavy (non-hydrogen) atoms. The van der Waals surface area contributed by atoms with Gasteiger partial charge in [-0.05, 0) is 159 Å². The maximum atomic E-state index is 5.90. The molecular formula is C15HBr10N3O2. The van der Waals surface area contributed by atoms with E-state index in [4.69, 9.17) is 9.47 Å². The highest BCUT2D eigenvalue weighted by molar-refractivity contribution is 9.16. The van der Waals surface area contributed by atoms with Crippen LogP contribution in [0.15, 0.2) is 51.1 Å². The van der Waals surface area contributed by atoms with Gasteiger partial charge in [0.2, 0.25) is 0 Å². The fourth-order valence-electron chi connectivity index (χ4n) is 1.90. The van der Waals surface area contributed by atoms with Crippen molar-refractivity contribution in [2.45, 2.75) is 0 Å². The molecule has 0 amide bonds. The third-order valence-electron chi connectivity index (χ3n) is 3.25. The van der Waals surface area contributed by atoms with E-state index in [0.717, 1.165) is 26.8 Å². The first-order valence-corrected chi connectivity index (χ1v) is 15.0. The fourth-order valence-corrected chi connectivity index (χ4v) is 8.24. The molecule has 15 heteroatoms. The smallest absolute Gasteiger partial charge is 0.328 e. The van der Waals surface area contributed by atoms with Gasteiger partial charge in [0.05, 0.1) is 35.8 Å². The number of benzene rings is 2. The van der Waals surface area contributed by atoms with E-state index in [2.05, 4.69) is 174 Å². The van der Waals surface area contributed by atoms with E-state index >= 15 is 0 Å². The zero-order valence-corrected chi connectivity index (χ0v) is 29.4. The summed E-state index contributed by atoms with van der Waals surface area (Å²) in [6, 6.07) is 0.0926. The van der Waals surface area contributed by atoms with E-state index in [9.17, 15) is 0 Å². The van der Waals surface area contributed by atoms with Gasteiger partial charge in [0.1, 0.15) is 6.33 Å². The summed E-state index contributed by atoms with van der Waals surface area (Å²) in [6.07, 6.45) is 1.30. The van der Waals surface area contributed by atoms with Crippen molar-refractivity contribution in [1.29, 1.82) is 0 Å². The Morgan fingerprint density at radius 2 is 0.700 bits per heavy atom. The molecule has 0 fully saturated rings. The lowest BCUT2D eigenvalue weighted by atomic mass is 10.3. The zero-order chi connectivity index (χ0) is 22.3. The molecule has 0 spiro atoms. The van der Waals surface area contributed by atoms with Crippen molar-refractivity contribution >= 4 is 159 Å². The Hall–Kier alpha value is 1.85. The van der Waals surface area contributed by atoms with Crippen LogP contribution in [0.25, 0.3) is 0 Å². The second kappa shape index (κ2) is 11.1. The lowest BCUT2D eigenvalue weighted by molar-refractivity contribution is 0.392. The minimum atomic E-state index is 0.0463. The molecule has 0 atom stereocenters. The van der Waals surface area contributed by atoms with Gasteiger partial charge in [-0.15, -0.1) is 4.98 Å². The third-order valence-corrected chi connectivity index (χ3v) is 15.3. The number of aromatic nitrogens is 3. The average molecular weight is 1050 g/mol. The van der Waals surface area contributed by atoms with Gasteiger partial charge in [-0.1, -0.05) is 0 Å². The van der Waals surface area contributed by atoms with Crippen molar-refractivity contribution < 1.29 is 9.47 Å². The molecule has 0 aliphatic heterocycles. The highest BCUT2D eigenvalue weighted by Crippen LogP contribution is 2.51. The van der Waals surface area contributed by atoms with Crippen LogP contribution in [0.5, 0.6) is 23.5 Å². The maximum absolute atomic E-state index is 5.90. The van der Waals surface area contributed by atoms with E-state index in [1.807, 2.05) is 0 Å². The van der Waals surface area contributed by atoms with Gasteiger partial charge in [-0.2, -0.15) is 9.97 Å². The van der Waals surface area contributed by atoms with E-state index in [0.29, 0.717) is 29.4 Å². The number of halogens is 10. The van der Waals surface area contributed by atoms with Gasteiger partial charge in [0.15, 0.2) is 11.5 Å². The lowest BCUT2D eigenvalue weighted by Crippen LogP contribution is -2.00. The van der Waals surface area contributed by atoms with Crippen LogP contribution < -0.4 is 9.47 Å². The molecule has 0 bridgehead atoms. The molecule has 0 radical (unpaired) electrons. The highest BCUT2D eigenvalue weighted by atomic mass is 79.9. The van der Waals surface area contributed by atoms with E-state index in [1.165, 1.54) is 6.33 Å². The third kappa shape index (κ3) is 5.40. The highest BCUT2D eigenvalue weighted by Gasteiger charge is 2.22. The van der Waals surface area contributed by atoms with Crippen LogP contribution in [0.2, 0.25) is 0 Å². The Morgan fingerprint density at radius 3 is 1.00 bits per heavy atom. The number of hydrogen-bond donors (Lipinski definition) is 0. The van der Waals surface area contributed by atoms with E-state index in [1.54, 1.807) is 0 Å². The van der Waals surface area contributed by atoms with Crippen molar-refractivity contribution in [1.82, 2.24) is 15.0 Å². The molecule has 2 aromatic carbocycles. The maximum Gasteiger partial charge on any atom is 0.328 e. The summed E-state index contributed by atoms with van der Waals surface area (Å²) in [5.41, 5.74) is 0. The van der Waals surface area contributed by atoms with Gasteiger partial charge in [-0.3, -0.25) is 0 Å². The Bertz CT molecular complexity index is 1030. The summed E-state index contributed by atoms with van der Waals surface area (Å²) in [5, 5.41) is 0. The van der Waals surface area contributed by atoms with Crippen LogP contribution in [0.3, 0.4) is 0 Å². The molecule has 0 aliphatic carbocycles. The van der Waals surface area contributed by atoms with Crippen LogP contribution in [-0.4, -0.2) is 15.0 Å². The first-order chi connectivity index (χ1) is 14.0. The Labute approximate surface area is 254 Å². The van der Waals surface area contributed by atoms with Gasteiger partial charge >= 0.3 is 12.0 Å². The van der Waals surface area contributed by atoms with Crippen molar-refractivity contribution in [2.24, 2.45) is 0 Å².